The van der Waals surface area contributed by atoms with E-state index >= 15 is 0 Å². The molecule has 88 valence electrons. The molecule has 4 nitrogen and oxygen atoms in total. The average Bonchev–Trinajstić information content (AvgIpc) is 2.17. The van der Waals surface area contributed by atoms with Crippen LogP contribution in [-0.4, -0.2) is 27.1 Å². The van der Waals surface area contributed by atoms with Gasteiger partial charge < -0.3 is 15.0 Å². The van der Waals surface area contributed by atoms with Gasteiger partial charge >= 0.3 is 0 Å². The monoisotopic (exact) mass is 222 g/mol. The quantitative estimate of drug-likeness (QED) is 0.845. The van der Waals surface area contributed by atoms with Crippen molar-refractivity contribution < 1.29 is 9.53 Å². The van der Waals surface area contributed by atoms with Crippen molar-refractivity contribution in [3.63, 3.8) is 0 Å². The molecule has 1 aromatic rings. The zero-order valence-corrected chi connectivity index (χ0v) is 10.2. The van der Waals surface area contributed by atoms with E-state index in [1.165, 1.54) is 6.92 Å². The van der Waals surface area contributed by atoms with Crippen LogP contribution in [0.4, 0.5) is 11.4 Å². The number of hydrogen-bond acceptors (Lipinski definition) is 3. The van der Waals surface area contributed by atoms with Gasteiger partial charge in [0.05, 0.1) is 6.61 Å². The lowest BCUT2D eigenvalue weighted by molar-refractivity contribution is -0.114. The van der Waals surface area contributed by atoms with E-state index in [9.17, 15) is 4.79 Å². The summed E-state index contributed by atoms with van der Waals surface area (Å²) in [5, 5.41) is 2.76. The lowest BCUT2D eigenvalue weighted by Crippen LogP contribution is -2.13. The number of anilines is 2. The summed E-state index contributed by atoms with van der Waals surface area (Å²) in [5.74, 6) is -0.0685. The van der Waals surface area contributed by atoms with Crippen molar-refractivity contribution in [2.45, 2.75) is 13.5 Å². The van der Waals surface area contributed by atoms with E-state index in [4.69, 9.17) is 4.74 Å². The van der Waals surface area contributed by atoms with Gasteiger partial charge in [-0.1, -0.05) is 0 Å². The Balaban J connectivity index is 3.01. The van der Waals surface area contributed by atoms with E-state index in [2.05, 4.69) is 5.32 Å². The van der Waals surface area contributed by atoms with Gasteiger partial charge in [0.15, 0.2) is 0 Å². The molecule has 0 unspecified atom stereocenters. The third-order valence-corrected chi connectivity index (χ3v) is 2.18. The Morgan fingerprint density at radius 2 is 2.12 bits per heavy atom. The third kappa shape index (κ3) is 3.24. The van der Waals surface area contributed by atoms with Crippen molar-refractivity contribution in [2.24, 2.45) is 0 Å². The van der Waals surface area contributed by atoms with Crippen LogP contribution < -0.4 is 10.2 Å². The van der Waals surface area contributed by atoms with Gasteiger partial charge in [0.2, 0.25) is 5.91 Å². The summed E-state index contributed by atoms with van der Waals surface area (Å²) in [4.78, 5) is 13.0. The summed E-state index contributed by atoms with van der Waals surface area (Å²) in [5.41, 5.74) is 2.94. The Labute approximate surface area is 96.2 Å². The first-order valence-electron chi connectivity index (χ1n) is 5.11. The molecule has 1 rings (SSSR count). The molecule has 0 heterocycles. The molecule has 16 heavy (non-hydrogen) atoms. The number of nitrogens with zero attached hydrogens (tertiary/aromatic N) is 1. The maximum atomic E-state index is 10.9. The van der Waals surface area contributed by atoms with Crippen molar-refractivity contribution in [1.29, 1.82) is 0 Å². The van der Waals surface area contributed by atoms with Gasteiger partial charge in [-0.15, -0.1) is 0 Å². The molecule has 4 heteroatoms. The molecule has 0 fully saturated rings. The first-order chi connectivity index (χ1) is 7.54. The average molecular weight is 222 g/mol. The van der Waals surface area contributed by atoms with Gasteiger partial charge in [-0.3, -0.25) is 4.79 Å². The fourth-order valence-corrected chi connectivity index (χ4v) is 1.57. The third-order valence-electron chi connectivity index (χ3n) is 2.18. The topological polar surface area (TPSA) is 41.6 Å². The van der Waals surface area contributed by atoms with Crippen molar-refractivity contribution in [1.82, 2.24) is 0 Å². The summed E-state index contributed by atoms with van der Waals surface area (Å²) < 4.78 is 5.14. The molecule has 0 spiro atoms. The molecule has 0 aliphatic heterocycles. The predicted molar refractivity (Wildman–Crippen MR) is 65.8 cm³/mol. The highest BCUT2D eigenvalue weighted by Crippen LogP contribution is 2.23. The molecular weight excluding hydrogens is 204 g/mol. The fourth-order valence-electron chi connectivity index (χ4n) is 1.57. The second-order valence-corrected chi connectivity index (χ2v) is 3.85. The SMILES string of the molecule is COCc1cc(NC(C)=O)ccc1N(C)C. The van der Waals surface area contributed by atoms with Crippen LogP contribution in [0.1, 0.15) is 12.5 Å². The number of amides is 1. The number of carbonyl (C=O) groups is 1. The Hall–Kier alpha value is -1.55. The lowest BCUT2D eigenvalue weighted by Gasteiger charge is -2.18. The summed E-state index contributed by atoms with van der Waals surface area (Å²) in [7, 11) is 5.61. The molecule has 1 aromatic carbocycles. The number of benzene rings is 1. The Bertz CT molecular complexity index is 375. The minimum Gasteiger partial charge on any atom is -0.380 e. The number of methoxy groups -OCH3 is 1. The standard InChI is InChI=1S/C12H18N2O2/c1-9(15)13-11-5-6-12(14(2)3)10(7-11)8-16-4/h5-7H,8H2,1-4H3,(H,13,15). The van der Waals surface area contributed by atoms with Crippen molar-refractivity contribution >= 4 is 17.3 Å². The number of rotatable bonds is 4. The van der Waals surface area contributed by atoms with Crippen LogP contribution >= 0.6 is 0 Å². The molecular formula is C12H18N2O2. The Morgan fingerprint density at radius 1 is 1.44 bits per heavy atom. The second kappa shape index (κ2) is 5.51. The van der Waals surface area contributed by atoms with Crippen LogP contribution in [-0.2, 0) is 16.1 Å². The molecule has 1 amide bonds. The predicted octanol–water partition coefficient (Wildman–Crippen LogP) is 1.86. The summed E-state index contributed by atoms with van der Waals surface area (Å²) in [6.45, 7) is 2.02. The summed E-state index contributed by atoms with van der Waals surface area (Å²) >= 11 is 0. The minimum absolute atomic E-state index is 0.0685. The van der Waals surface area contributed by atoms with Gasteiger partial charge in [0, 0.05) is 45.1 Å². The van der Waals surface area contributed by atoms with Gasteiger partial charge in [-0.25, -0.2) is 0 Å². The molecule has 1 N–H and O–H groups in total. The van der Waals surface area contributed by atoms with E-state index in [0.717, 1.165) is 16.9 Å². The minimum atomic E-state index is -0.0685. The molecule has 0 saturated heterocycles. The first-order valence-corrected chi connectivity index (χ1v) is 5.11. The van der Waals surface area contributed by atoms with E-state index in [1.54, 1.807) is 7.11 Å². The van der Waals surface area contributed by atoms with Crippen molar-refractivity contribution in [3.8, 4) is 0 Å². The van der Waals surface area contributed by atoms with Crippen LogP contribution in [0.15, 0.2) is 18.2 Å². The number of nitrogens with one attached hydrogen (secondary N) is 1. The molecule has 0 aliphatic rings. The van der Waals surface area contributed by atoms with E-state index in [1.807, 2.05) is 37.2 Å². The van der Waals surface area contributed by atoms with Gasteiger partial charge in [-0.05, 0) is 18.2 Å². The van der Waals surface area contributed by atoms with Crippen LogP contribution in [0.25, 0.3) is 0 Å². The number of carbonyl (C=O) groups excluding carboxylic acids is 1. The van der Waals surface area contributed by atoms with E-state index < -0.39 is 0 Å². The molecule has 0 saturated carbocycles. The Morgan fingerprint density at radius 3 is 2.62 bits per heavy atom. The smallest absolute Gasteiger partial charge is 0.221 e. The molecule has 0 radical (unpaired) electrons. The molecule has 0 aromatic heterocycles. The maximum Gasteiger partial charge on any atom is 0.221 e. The van der Waals surface area contributed by atoms with E-state index in [-0.39, 0.29) is 5.91 Å². The summed E-state index contributed by atoms with van der Waals surface area (Å²) in [6, 6.07) is 5.79. The number of hydrogen-bond donors (Lipinski definition) is 1. The highest BCUT2D eigenvalue weighted by Gasteiger charge is 2.06. The zero-order chi connectivity index (χ0) is 12.1. The molecule has 0 atom stereocenters. The molecule has 0 bridgehead atoms. The van der Waals surface area contributed by atoms with Crippen LogP contribution in [0, 0.1) is 0 Å². The Kier molecular flexibility index (Phi) is 4.31. The second-order valence-electron chi connectivity index (χ2n) is 3.85. The van der Waals surface area contributed by atoms with Gasteiger partial charge in [0.25, 0.3) is 0 Å². The first kappa shape index (κ1) is 12.5. The van der Waals surface area contributed by atoms with Crippen LogP contribution in [0.5, 0.6) is 0 Å². The van der Waals surface area contributed by atoms with Crippen LogP contribution in [0.2, 0.25) is 0 Å². The molecule has 0 aliphatic carbocycles. The maximum absolute atomic E-state index is 10.9. The largest absolute Gasteiger partial charge is 0.380 e. The van der Waals surface area contributed by atoms with E-state index in [0.29, 0.717) is 6.61 Å². The van der Waals surface area contributed by atoms with Gasteiger partial charge in [-0.2, -0.15) is 0 Å². The highest BCUT2D eigenvalue weighted by molar-refractivity contribution is 5.89. The van der Waals surface area contributed by atoms with Crippen molar-refractivity contribution in [2.75, 3.05) is 31.4 Å². The summed E-state index contributed by atoms with van der Waals surface area (Å²) in [6.07, 6.45) is 0. The van der Waals surface area contributed by atoms with Crippen LogP contribution in [0.3, 0.4) is 0 Å². The zero-order valence-electron chi connectivity index (χ0n) is 10.2. The van der Waals surface area contributed by atoms with Crippen molar-refractivity contribution in [3.05, 3.63) is 23.8 Å². The highest BCUT2D eigenvalue weighted by atomic mass is 16.5. The fraction of sp³-hybridized carbons (Fsp3) is 0.417. The lowest BCUT2D eigenvalue weighted by atomic mass is 10.1. The number of ether oxygens (including phenoxy) is 1. The normalized spacial score (nSPS) is 10.0. The van der Waals surface area contributed by atoms with Gasteiger partial charge in [0.1, 0.15) is 0 Å².